The summed E-state index contributed by atoms with van der Waals surface area (Å²) < 4.78 is 0. The van der Waals surface area contributed by atoms with Crippen molar-refractivity contribution >= 4 is 23.2 Å². The Bertz CT molecular complexity index is 613. The summed E-state index contributed by atoms with van der Waals surface area (Å²) in [6.07, 6.45) is 0.871. The first kappa shape index (κ1) is 15.4. The fraction of sp³-hybridized carbons (Fsp3) is 0.235. The molecule has 110 valence electrons. The molecule has 1 atom stereocenters. The Kier molecular flexibility index (Phi) is 5.23. The van der Waals surface area contributed by atoms with Crippen molar-refractivity contribution in [2.75, 3.05) is 12.3 Å². The molecule has 0 radical (unpaired) electrons. The molecule has 3 N–H and O–H groups in total. The lowest BCUT2D eigenvalue weighted by Crippen LogP contribution is -2.26. The number of nitrogens with one attached hydrogen (secondary N) is 1. The number of anilines is 1. The fourth-order valence-electron chi connectivity index (χ4n) is 2.17. The van der Waals surface area contributed by atoms with Gasteiger partial charge in [0.2, 0.25) is 0 Å². The SMILES string of the molecule is CC(CCNC(=O)c1cc(Cl)ccc1N)c1ccccc1. The largest absolute Gasteiger partial charge is 0.398 e. The molecular formula is C17H19ClN2O. The zero-order valence-corrected chi connectivity index (χ0v) is 12.7. The monoisotopic (exact) mass is 302 g/mol. The number of carbonyl (C=O) groups is 1. The molecule has 1 unspecified atom stereocenters. The molecule has 2 aromatic carbocycles. The summed E-state index contributed by atoms with van der Waals surface area (Å²) in [5.74, 6) is 0.207. The molecule has 0 fully saturated rings. The highest BCUT2D eigenvalue weighted by molar-refractivity contribution is 6.31. The first-order chi connectivity index (χ1) is 10.1. The first-order valence-electron chi connectivity index (χ1n) is 6.96. The average molecular weight is 303 g/mol. The van der Waals surface area contributed by atoms with E-state index in [1.807, 2.05) is 18.2 Å². The van der Waals surface area contributed by atoms with Gasteiger partial charge in [-0.2, -0.15) is 0 Å². The van der Waals surface area contributed by atoms with Crippen LogP contribution in [0.5, 0.6) is 0 Å². The van der Waals surface area contributed by atoms with Crippen LogP contribution in [0, 0.1) is 0 Å². The van der Waals surface area contributed by atoms with E-state index in [-0.39, 0.29) is 5.91 Å². The van der Waals surface area contributed by atoms with Crippen LogP contribution >= 0.6 is 11.6 Å². The maximum Gasteiger partial charge on any atom is 0.253 e. The highest BCUT2D eigenvalue weighted by Crippen LogP contribution is 2.19. The van der Waals surface area contributed by atoms with E-state index >= 15 is 0 Å². The Labute approximate surface area is 130 Å². The molecule has 0 aliphatic rings. The van der Waals surface area contributed by atoms with E-state index in [0.717, 1.165) is 6.42 Å². The molecule has 0 aromatic heterocycles. The minimum atomic E-state index is -0.185. The van der Waals surface area contributed by atoms with Gasteiger partial charge in [-0.15, -0.1) is 0 Å². The van der Waals surface area contributed by atoms with Gasteiger partial charge >= 0.3 is 0 Å². The molecule has 0 spiro atoms. The molecule has 1 amide bonds. The summed E-state index contributed by atoms with van der Waals surface area (Å²) in [6, 6.07) is 15.2. The van der Waals surface area contributed by atoms with Crippen LogP contribution in [0.25, 0.3) is 0 Å². The van der Waals surface area contributed by atoms with Gasteiger partial charge in [-0.25, -0.2) is 0 Å². The minimum Gasteiger partial charge on any atom is -0.398 e. The maximum atomic E-state index is 12.1. The third-order valence-electron chi connectivity index (χ3n) is 3.49. The summed E-state index contributed by atoms with van der Waals surface area (Å²) in [4.78, 5) is 12.1. The van der Waals surface area contributed by atoms with Crippen LogP contribution in [0.3, 0.4) is 0 Å². The van der Waals surface area contributed by atoms with Gasteiger partial charge in [-0.1, -0.05) is 48.9 Å². The number of hydrogen-bond donors (Lipinski definition) is 2. The van der Waals surface area contributed by atoms with Crippen molar-refractivity contribution in [3.63, 3.8) is 0 Å². The predicted molar refractivity (Wildman–Crippen MR) is 87.7 cm³/mol. The van der Waals surface area contributed by atoms with Gasteiger partial charge < -0.3 is 11.1 Å². The van der Waals surface area contributed by atoms with Crippen LogP contribution in [0.1, 0.15) is 35.2 Å². The second-order valence-electron chi connectivity index (χ2n) is 5.09. The van der Waals surface area contributed by atoms with Crippen LogP contribution in [-0.4, -0.2) is 12.5 Å². The lowest BCUT2D eigenvalue weighted by Gasteiger charge is -2.13. The van der Waals surface area contributed by atoms with Crippen molar-refractivity contribution in [3.05, 3.63) is 64.7 Å². The molecular weight excluding hydrogens is 284 g/mol. The molecule has 0 aliphatic heterocycles. The molecule has 2 rings (SSSR count). The highest BCUT2D eigenvalue weighted by atomic mass is 35.5. The molecule has 0 aliphatic carbocycles. The van der Waals surface area contributed by atoms with Crippen LogP contribution in [-0.2, 0) is 0 Å². The van der Waals surface area contributed by atoms with Gasteiger partial charge in [-0.3, -0.25) is 4.79 Å². The number of nitrogen functional groups attached to an aromatic ring is 1. The second kappa shape index (κ2) is 7.14. The van der Waals surface area contributed by atoms with Gasteiger partial charge in [0.05, 0.1) is 5.56 Å². The van der Waals surface area contributed by atoms with Crippen molar-refractivity contribution in [1.82, 2.24) is 5.32 Å². The lowest BCUT2D eigenvalue weighted by atomic mass is 9.98. The Morgan fingerprint density at radius 1 is 1.24 bits per heavy atom. The molecule has 0 saturated carbocycles. The third kappa shape index (κ3) is 4.23. The van der Waals surface area contributed by atoms with Gasteiger partial charge in [-0.05, 0) is 36.1 Å². The molecule has 4 heteroatoms. The number of hydrogen-bond acceptors (Lipinski definition) is 2. The molecule has 0 heterocycles. The summed E-state index contributed by atoms with van der Waals surface area (Å²) in [5.41, 5.74) is 7.93. The van der Waals surface area contributed by atoms with E-state index in [2.05, 4.69) is 24.4 Å². The van der Waals surface area contributed by atoms with Crippen molar-refractivity contribution in [2.24, 2.45) is 0 Å². The zero-order chi connectivity index (χ0) is 15.2. The number of amides is 1. The molecule has 0 saturated heterocycles. The summed E-state index contributed by atoms with van der Waals surface area (Å²) >= 11 is 5.89. The van der Waals surface area contributed by atoms with Gasteiger partial charge in [0.25, 0.3) is 5.91 Å². The minimum absolute atomic E-state index is 0.185. The number of carbonyl (C=O) groups excluding carboxylic acids is 1. The van der Waals surface area contributed by atoms with Crippen molar-refractivity contribution < 1.29 is 4.79 Å². The Morgan fingerprint density at radius 3 is 2.67 bits per heavy atom. The smallest absolute Gasteiger partial charge is 0.253 e. The van der Waals surface area contributed by atoms with Crippen LogP contribution in [0.2, 0.25) is 5.02 Å². The van der Waals surface area contributed by atoms with Crippen LogP contribution in [0.15, 0.2) is 48.5 Å². The Hall–Kier alpha value is -2.00. The van der Waals surface area contributed by atoms with E-state index in [4.69, 9.17) is 17.3 Å². The average Bonchev–Trinajstić information content (AvgIpc) is 2.50. The molecule has 21 heavy (non-hydrogen) atoms. The second-order valence-corrected chi connectivity index (χ2v) is 5.52. The van der Waals surface area contributed by atoms with Crippen molar-refractivity contribution in [2.45, 2.75) is 19.3 Å². The predicted octanol–water partition coefficient (Wildman–Crippen LogP) is 3.85. The van der Waals surface area contributed by atoms with E-state index in [1.54, 1.807) is 18.2 Å². The lowest BCUT2D eigenvalue weighted by molar-refractivity contribution is 0.0953. The molecule has 2 aromatic rings. The standard InChI is InChI=1S/C17H19ClN2O/c1-12(13-5-3-2-4-6-13)9-10-20-17(21)15-11-14(18)7-8-16(15)19/h2-8,11-12H,9-10,19H2,1H3,(H,20,21). The number of nitrogens with two attached hydrogens (primary N) is 1. The summed E-state index contributed by atoms with van der Waals surface area (Å²) in [5, 5.41) is 3.40. The van der Waals surface area contributed by atoms with E-state index in [0.29, 0.717) is 28.7 Å². The highest BCUT2D eigenvalue weighted by Gasteiger charge is 2.11. The molecule has 0 bridgehead atoms. The Morgan fingerprint density at radius 2 is 1.95 bits per heavy atom. The zero-order valence-electron chi connectivity index (χ0n) is 12.0. The summed E-state index contributed by atoms with van der Waals surface area (Å²) in [7, 11) is 0. The third-order valence-corrected chi connectivity index (χ3v) is 3.73. The first-order valence-corrected chi connectivity index (χ1v) is 7.34. The van der Waals surface area contributed by atoms with Crippen molar-refractivity contribution in [1.29, 1.82) is 0 Å². The Balaban J connectivity index is 1.88. The quantitative estimate of drug-likeness (QED) is 0.824. The normalized spacial score (nSPS) is 11.9. The van der Waals surface area contributed by atoms with Gasteiger partial charge in [0.15, 0.2) is 0 Å². The summed E-state index contributed by atoms with van der Waals surface area (Å²) in [6.45, 7) is 2.75. The number of rotatable bonds is 5. The van der Waals surface area contributed by atoms with Crippen molar-refractivity contribution in [3.8, 4) is 0 Å². The topological polar surface area (TPSA) is 55.1 Å². The van der Waals surface area contributed by atoms with Crippen LogP contribution in [0.4, 0.5) is 5.69 Å². The number of benzene rings is 2. The number of halogens is 1. The van der Waals surface area contributed by atoms with Crippen LogP contribution < -0.4 is 11.1 Å². The molecule has 3 nitrogen and oxygen atoms in total. The van der Waals surface area contributed by atoms with E-state index in [1.165, 1.54) is 5.56 Å². The van der Waals surface area contributed by atoms with E-state index < -0.39 is 0 Å². The van der Waals surface area contributed by atoms with Gasteiger partial charge in [0, 0.05) is 17.3 Å². The maximum absolute atomic E-state index is 12.1. The van der Waals surface area contributed by atoms with Gasteiger partial charge in [0.1, 0.15) is 0 Å². The van der Waals surface area contributed by atoms with E-state index in [9.17, 15) is 4.79 Å². The fourth-order valence-corrected chi connectivity index (χ4v) is 2.34.